The molecule has 0 N–H and O–H groups in total. The van der Waals surface area contributed by atoms with Gasteiger partial charge in [0.15, 0.2) is 0 Å². The Morgan fingerprint density at radius 2 is 1.85 bits per heavy atom. The highest BCUT2D eigenvalue weighted by Crippen LogP contribution is 2.44. The van der Waals surface area contributed by atoms with Gasteiger partial charge in [0.25, 0.3) is 0 Å². The van der Waals surface area contributed by atoms with Gasteiger partial charge >= 0.3 is 0 Å². The van der Waals surface area contributed by atoms with Gasteiger partial charge in [-0.3, -0.25) is 4.90 Å². The van der Waals surface area contributed by atoms with Crippen molar-refractivity contribution in [3.63, 3.8) is 0 Å². The highest BCUT2D eigenvalue weighted by atomic mass is 16.5. The molecule has 2 rings (SSSR count). The minimum atomic E-state index is 0.434. The molecule has 146 valence electrons. The molecule has 1 aliphatic heterocycles. The van der Waals surface area contributed by atoms with E-state index in [4.69, 9.17) is 4.74 Å². The first-order valence-corrected chi connectivity index (χ1v) is 10.4. The molecule has 0 aromatic rings. The molecule has 2 heteroatoms. The number of hydrogen-bond donors (Lipinski definition) is 0. The van der Waals surface area contributed by atoms with E-state index >= 15 is 0 Å². The monoisotopic (exact) mass is 357 g/mol. The second-order valence-electron chi connectivity index (χ2n) is 8.87. The number of allylic oxidation sites excluding steroid dienone is 7. The third-order valence-electron chi connectivity index (χ3n) is 6.06. The number of hydrogen-bond acceptors (Lipinski definition) is 2. The highest BCUT2D eigenvalue weighted by Gasteiger charge is 2.34. The molecular formula is C24H39NO. The maximum atomic E-state index is 5.39. The van der Waals surface area contributed by atoms with Crippen LogP contribution in [0.2, 0.25) is 0 Å². The van der Waals surface area contributed by atoms with E-state index in [9.17, 15) is 0 Å². The fourth-order valence-electron chi connectivity index (χ4n) is 4.23. The highest BCUT2D eigenvalue weighted by molar-refractivity contribution is 5.27. The molecule has 0 spiro atoms. The van der Waals surface area contributed by atoms with Gasteiger partial charge in [0.1, 0.15) is 0 Å². The largest absolute Gasteiger partial charge is 0.379 e. The van der Waals surface area contributed by atoms with Crippen LogP contribution >= 0.6 is 0 Å². The fraction of sp³-hybridized carbons (Fsp3) is 0.667. The predicted octanol–water partition coefficient (Wildman–Crippen LogP) is 5.79. The summed E-state index contributed by atoms with van der Waals surface area (Å²) in [5, 5.41) is 0. The van der Waals surface area contributed by atoms with Gasteiger partial charge in [0, 0.05) is 19.6 Å². The molecule has 2 nitrogen and oxygen atoms in total. The van der Waals surface area contributed by atoms with Gasteiger partial charge in [-0.05, 0) is 37.5 Å². The molecule has 0 aromatic heterocycles. The first kappa shape index (κ1) is 21.2. The summed E-state index contributed by atoms with van der Waals surface area (Å²) in [5.74, 6) is 1.49. The van der Waals surface area contributed by atoms with Crippen molar-refractivity contribution in [2.45, 2.75) is 53.9 Å². The van der Waals surface area contributed by atoms with Crippen molar-refractivity contribution < 1.29 is 4.74 Å². The van der Waals surface area contributed by atoms with Crippen molar-refractivity contribution in [2.75, 3.05) is 32.8 Å². The third kappa shape index (κ3) is 6.89. The summed E-state index contributed by atoms with van der Waals surface area (Å²) >= 11 is 0. The molecule has 2 atom stereocenters. The van der Waals surface area contributed by atoms with Gasteiger partial charge in [-0.15, -0.1) is 0 Å². The molecule has 1 saturated heterocycles. The Morgan fingerprint density at radius 3 is 2.54 bits per heavy atom. The summed E-state index contributed by atoms with van der Waals surface area (Å²) in [4.78, 5) is 2.44. The van der Waals surface area contributed by atoms with E-state index in [2.05, 4.69) is 76.0 Å². The van der Waals surface area contributed by atoms with Crippen molar-refractivity contribution >= 4 is 0 Å². The Balaban J connectivity index is 1.85. The molecule has 2 unspecified atom stereocenters. The second-order valence-corrected chi connectivity index (χ2v) is 8.87. The quantitative estimate of drug-likeness (QED) is 0.558. The van der Waals surface area contributed by atoms with E-state index in [1.807, 2.05) is 0 Å². The number of morpholine rings is 1. The van der Waals surface area contributed by atoms with E-state index in [-0.39, 0.29) is 0 Å². The number of ether oxygens (including phenoxy) is 1. The van der Waals surface area contributed by atoms with Crippen LogP contribution in [0.25, 0.3) is 0 Å². The zero-order valence-electron chi connectivity index (χ0n) is 17.6. The summed E-state index contributed by atoms with van der Waals surface area (Å²) in [6.45, 7) is 16.5. The molecular weight excluding hydrogens is 318 g/mol. The van der Waals surface area contributed by atoms with Gasteiger partial charge in [-0.25, -0.2) is 0 Å². The van der Waals surface area contributed by atoms with E-state index in [1.54, 1.807) is 0 Å². The number of rotatable bonds is 6. The van der Waals surface area contributed by atoms with E-state index < -0.39 is 0 Å². The Morgan fingerprint density at radius 1 is 1.12 bits per heavy atom. The van der Waals surface area contributed by atoms with Crippen molar-refractivity contribution in [1.82, 2.24) is 4.90 Å². The molecule has 0 amide bonds. The van der Waals surface area contributed by atoms with E-state index in [0.717, 1.165) is 38.8 Å². The Kier molecular flexibility index (Phi) is 8.37. The topological polar surface area (TPSA) is 12.5 Å². The normalized spacial score (nSPS) is 29.0. The summed E-state index contributed by atoms with van der Waals surface area (Å²) in [7, 11) is 0. The summed E-state index contributed by atoms with van der Waals surface area (Å²) in [6, 6.07) is 0. The molecule has 0 aromatic carbocycles. The van der Waals surface area contributed by atoms with E-state index in [1.165, 1.54) is 30.4 Å². The van der Waals surface area contributed by atoms with Crippen molar-refractivity contribution in [3.8, 4) is 0 Å². The molecule has 1 heterocycles. The van der Waals surface area contributed by atoms with Crippen LogP contribution < -0.4 is 0 Å². The smallest absolute Gasteiger partial charge is 0.0594 e. The lowest BCUT2D eigenvalue weighted by Crippen LogP contribution is -2.36. The molecule has 1 aliphatic carbocycles. The summed E-state index contributed by atoms with van der Waals surface area (Å²) in [6.07, 6.45) is 17.8. The van der Waals surface area contributed by atoms with Crippen molar-refractivity contribution in [1.29, 1.82) is 0 Å². The fourth-order valence-corrected chi connectivity index (χ4v) is 4.23. The van der Waals surface area contributed by atoms with Crippen LogP contribution in [0.4, 0.5) is 0 Å². The molecule has 1 saturated carbocycles. The van der Waals surface area contributed by atoms with Crippen LogP contribution in [0.1, 0.15) is 53.9 Å². The third-order valence-corrected chi connectivity index (χ3v) is 6.06. The van der Waals surface area contributed by atoms with Crippen molar-refractivity contribution in [2.24, 2.45) is 17.3 Å². The lowest BCUT2D eigenvalue weighted by molar-refractivity contribution is 0.0434. The molecule has 2 aliphatic rings. The lowest BCUT2D eigenvalue weighted by atomic mass is 9.64. The lowest BCUT2D eigenvalue weighted by Gasteiger charge is -2.41. The molecule has 2 fully saturated rings. The zero-order chi connectivity index (χ0) is 19.0. The van der Waals surface area contributed by atoms with Crippen LogP contribution in [-0.4, -0.2) is 37.7 Å². The Hall–Kier alpha value is -1.12. The SMILES string of the molecule is CC(=C/CN1CCOCC1)/C=C/C=C(C)/C=C/C1C(C)CCCC1(C)C. The van der Waals surface area contributed by atoms with Crippen LogP contribution in [0.3, 0.4) is 0 Å². The first-order chi connectivity index (χ1) is 12.4. The van der Waals surface area contributed by atoms with Gasteiger partial charge in [0.2, 0.25) is 0 Å². The average molecular weight is 358 g/mol. The average Bonchev–Trinajstić information content (AvgIpc) is 2.60. The molecule has 0 bridgehead atoms. The maximum Gasteiger partial charge on any atom is 0.0594 e. The minimum absolute atomic E-state index is 0.434. The van der Waals surface area contributed by atoms with Gasteiger partial charge in [-0.2, -0.15) is 0 Å². The number of nitrogens with zero attached hydrogens (tertiary/aromatic N) is 1. The predicted molar refractivity (Wildman–Crippen MR) is 113 cm³/mol. The van der Waals surface area contributed by atoms with Gasteiger partial charge in [-0.1, -0.05) is 81.2 Å². The van der Waals surface area contributed by atoms with Crippen LogP contribution in [-0.2, 0) is 4.74 Å². The first-order valence-electron chi connectivity index (χ1n) is 10.4. The van der Waals surface area contributed by atoms with Gasteiger partial charge < -0.3 is 4.74 Å². The van der Waals surface area contributed by atoms with Crippen LogP contribution in [0.5, 0.6) is 0 Å². The summed E-state index contributed by atoms with van der Waals surface area (Å²) < 4.78 is 5.39. The maximum absolute atomic E-state index is 5.39. The minimum Gasteiger partial charge on any atom is -0.379 e. The second kappa shape index (κ2) is 10.3. The Bertz CT molecular complexity index is 547. The van der Waals surface area contributed by atoms with Crippen LogP contribution in [0.15, 0.2) is 47.6 Å². The zero-order valence-corrected chi connectivity index (χ0v) is 17.6. The summed E-state index contributed by atoms with van der Waals surface area (Å²) in [5.41, 5.74) is 3.09. The Labute approximate surface area is 161 Å². The molecule has 0 radical (unpaired) electrons. The van der Waals surface area contributed by atoms with Crippen LogP contribution in [0, 0.1) is 17.3 Å². The molecule has 26 heavy (non-hydrogen) atoms. The van der Waals surface area contributed by atoms with E-state index in [0.29, 0.717) is 11.3 Å². The standard InChI is InChI=1S/C24H39NO/c1-20(11-12-23-22(3)10-7-14-24(23,4)5)8-6-9-21(2)13-15-25-16-18-26-19-17-25/h6,8-9,11-13,22-23H,7,10,14-19H2,1-5H3/b9-6+,12-11+,20-8+,21-13-. The van der Waals surface area contributed by atoms with Crippen molar-refractivity contribution in [3.05, 3.63) is 47.6 Å². The van der Waals surface area contributed by atoms with Gasteiger partial charge in [0.05, 0.1) is 13.2 Å².